The molecule has 20 heavy (non-hydrogen) atoms. The van der Waals surface area contributed by atoms with Crippen LogP contribution in [0.1, 0.15) is 15.9 Å². The molecule has 0 aliphatic heterocycles. The van der Waals surface area contributed by atoms with E-state index in [2.05, 4.69) is 10.3 Å². The Morgan fingerprint density at radius 2 is 1.95 bits per heavy atom. The highest BCUT2D eigenvalue weighted by Gasteiger charge is 2.09. The number of hydrogen-bond donors (Lipinski definition) is 1. The lowest BCUT2D eigenvalue weighted by atomic mass is 10.2. The second kappa shape index (κ2) is 6.47. The number of rotatable bonds is 4. The highest BCUT2D eigenvalue weighted by atomic mass is 16.5. The number of carbonyl (C=O) groups excluding carboxylic acids is 2. The van der Waals surface area contributed by atoms with Gasteiger partial charge >= 0.3 is 5.97 Å². The molecular formula is C15H14N2O3. The number of esters is 1. The van der Waals surface area contributed by atoms with Gasteiger partial charge in [0, 0.05) is 18.1 Å². The van der Waals surface area contributed by atoms with Crippen molar-refractivity contribution < 1.29 is 14.3 Å². The van der Waals surface area contributed by atoms with Crippen LogP contribution >= 0.6 is 0 Å². The molecule has 0 spiro atoms. The van der Waals surface area contributed by atoms with Crippen molar-refractivity contribution in [3.05, 3.63) is 59.9 Å². The van der Waals surface area contributed by atoms with E-state index in [9.17, 15) is 9.59 Å². The number of aryl methyl sites for hydroxylation is 1. The van der Waals surface area contributed by atoms with Gasteiger partial charge < -0.3 is 10.1 Å². The SMILES string of the molecule is Cc1cccc(NC(=O)COC(=O)c2ccncc2)c1. The molecule has 5 nitrogen and oxygen atoms in total. The molecule has 0 radical (unpaired) electrons. The van der Waals surface area contributed by atoms with E-state index < -0.39 is 5.97 Å². The molecule has 2 rings (SSSR count). The van der Waals surface area contributed by atoms with Crippen LogP contribution in [0.5, 0.6) is 0 Å². The van der Waals surface area contributed by atoms with Crippen molar-refractivity contribution in [1.82, 2.24) is 4.98 Å². The van der Waals surface area contributed by atoms with Gasteiger partial charge in [0.15, 0.2) is 6.61 Å². The van der Waals surface area contributed by atoms with Crippen LogP contribution in [0.3, 0.4) is 0 Å². The van der Waals surface area contributed by atoms with Crippen molar-refractivity contribution in [1.29, 1.82) is 0 Å². The summed E-state index contributed by atoms with van der Waals surface area (Å²) in [6.07, 6.45) is 2.98. The van der Waals surface area contributed by atoms with Crippen molar-refractivity contribution in [2.24, 2.45) is 0 Å². The van der Waals surface area contributed by atoms with Gasteiger partial charge in [-0.3, -0.25) is 9.78 Å². The van der Waals surface area contributed by atoms with Gasteiger partial charge in [-0.2, -0.15) is 0 Å². The molecule has 0 bridgehead atoms. The molecule has 0 unspecified atom stereocenters. The van der Waals surface area contributed by atoms with Crippen LogP contribution in [0.4, 0.5) is 5.69 Å². The van der Waals surface area contributed by atoms with Gasteiger partial charge in [0.1, 0.15) is 0 Å². The second-order valence-electron chi connectivity index (χ2n) is 4.23. The Morgan fingerprint density at radius 1 is 1.20 bits per heavy atom. The van der Waals surface area contributed by atoms with Gasteiger partial charge in [-0.15, -0.1) is 0 Å². The molecular weight excluding hydrogens is 256 g/mol. The number of anilines is 1. The number of benzene rings is 1. The predicted molar refractivity (Wildman–Crippen MR) is 74.3 cm³/mol. The van der Waals surface area contributed by atoms with Gasteiger partial charge in [0.25, 0.3) is 5.91 Å². The minimum atomic E-state index is -0.549. The van der Waals surface area contributed by atoms with E-state index in [0.29, 0.717) is 11.3 Å². The standard InChI is InChI=1S/C15H14N2O3/c1-11-3-2-4-13(9-11)17-14(18)10-20-15(19)12-5-7-16-8-6-12/h2-9H,10H2,1H3,(H,17,18). The molecule has 1 heterocycles. The number of nitrogens with one attached hydrogen (secondary N) is 1. The topological polar surface area (TPSA) is 68.3 Å². The average molecular weight is 270 g/mol. The molecule has 0 aliphatic rings. The van der Waals surface area contributed by atoms with Crippen molar-refractivity contribution in [2.75, 3.05) is 11.9 Å². The monoisotopic (exact) mass is 270 g/mol. The molecule has 0 saturated heterocycles. The lowest BCUT2D eigenvalue weighted by Crippen LogP contribution is -2.20. The van der Waals surface area contributed by atoms with E-state index in [1.54, 1.807) is 6.07 Å². The van der Waals surface area contributed by atoms with Crippen LogP contribution in [0.15, 0.2) is 48.8 Å². The maximum absolute atomic E-state index is 11.7. The summed E-state index contributed by atoms with van der Waals surface area (Å²) >= 11 is 0. The minimum Gasteiger partial charge on any atom is -0.452 e. The van der Waals surface area contributed by atoms with E-state index in [4.69, 9.17) is 4.74 Å². The Morgan fingerprint density at radius 3 is 2.65 bits per heavy atom. The molecule has 5 heteroatoms. The smallest absolute Gasteiger partial charge is 0.338 e. The molecule has 1 amide bonds. The number of nitrogens with zero attached hydrogens (tertiary/aromatic N) is 1. The maximum Gasteiger partial charge on any atom is 0.338 e. The fraction of sp³-hybridized carbons (Fsp3) is 0.133. The van der Waals surface area contributed by atoms with Gasteiger partial charge in [0.2, 0.25) is 0 Å². The predicted octanol–water partition coefficient (Wildman–Crippen LogP) is 2.19. The third kappa shape index (κ3) is 3.91. The Kier molecular flexibility index (Phi) is 4.44. The molecule has 2 aromatic rings. The number of amides is 1. The lowest BCUT2D eigenvalue weighted by molar-refractivity contribution is -0.119. The normalized spacial score (nSPS) is 9.85. The van der Waals surface area contributed by atoms with Crippen LogP contribution < -0.4 is 5.32 Å². The van der Waals surface area contributed by atoms with E-state index >= 15 is 0 Å². The van der Waals surface area contributed by atoms with E-state index in [0.717, 1.165) is 5.56 Å². The summed E-state index contributed by atoms with van der Waals surface area (Å²) in [6, 6.07) is 10.4. The van der Waals surface area contributed by atoms with Crippen LogP contribution in [0.2, 0.25) is 0 Å². The Labute approximate surface area is 116 Å². The third-order valence-corrected chi connectivity index (χ3v) is 2.55. The van der Waals surface area contributed by atoms with Crippen LogP contribution in [0, 0.1) is 6.92 Å². The number of hydrogen-bond acceptors (Lipinski definition) is 4. The van der Waals surface area contributed by atoms with E-state index in [1.807, 2.05) is 25.1 Å². The van der Waals surface area contributed by atoms with Crippen LogP contribution in [-0.2, 0) is 9.53 Å². The first-order chi connectivity index (χ1) is 9.65. The number of ether oxygens (including phenoxy) is 1. The highest BCUT2D eigenvalue weighted by molar-refractivity contribution is 5.95. The van der Waals surface area contributed by atoms with Crippen molar-refractivity contribution in [3.63, 3.8) is 0 Å². The average Bonchev–Trinajstić information content (AvgIpc) is 2.46. The summed E-state index contributed by atoms with van der Waals surface area (Å²) in [6.45, 7) is 1.61. The van der Waals surface area contributed by atoms with Crippen molar-refractivity contribution in [3.8, 4) is 0 Å². The first-order valence-corrected chi connectivity index (χ1v) is 6.09. The summed E-state index contributed by atoms with van der Waals surface area (Å²) in [5.74, 6) is -0.926. The molecule has 1 aromatic carbocycles. The fourth-order valence-corrected chi connectivity index (χ4v) is 1.62. The number of pyridine rings is 1. The van der Waals surface area contributed by atoms with E-state index in [1.165, 1.54) is 24.5 Å². The Balaban J connectivity index is 1.85. The molecule has 102 valence electrons. The molecule has 1 aromatic heterocycles. The van der Waals surface area contributed by atoms with Gasteiger partial charge in [0.05, 0.1) is 5.56 Å². The van der Waals surface area contributed by atoms with Crippen molar-refractivity contribution in [2.45, 2.75) is 6.92 Å². The van der Waals surface area contributed by atoms with Crippen LogP contribution in [0.25, 0.3) is 0 Å². The van der Waals surface area contributed by atoms with E-state index in [-0.39, 0.29) is 12.5 Å². The first-order valence-electron chi connectivity index (χ1n) is 6.09. The summed E-state index contributed by atoms with van der Waals surface area (Å²) in [7, 11) is 0. The van der Waals surface area contributed by atoms with Crippen molar-refractivity contribution >= 4 is 17.6 Å². The third-order valence-electron chi connectivity index (χ3n) is 2.55. The number of aromatic nitrogens is 1. The first kappa shape index (κ1) is 13.7. The molecule has 0 aliphatic carbocycles. The molecule has 1 N–H and O–H groups in total. The van der Waals surface area contributed by atoms with Gasteiger partial charge in [-0.05, 0) is 36.8 Å². The summed E-state index contributed by atoms with van der Waals surface area (Å²) in [4.78, 5) is 27.1. The zero-order chi connectivity index (χ0) is 14.4. The lowest BCUT2D eigenvalue weighted by Gasteiger charge is -2.07. The summed E-state index contributed by atoms with van der Waals surface area (Å²) in [5.41, 5.74) is 2.08. The maximum atomic E-state index is 11.7. The zero-order valence-corrected chi connectivity index (χ0v) is 11.0. The van der Waals surface area contributed by atoms with Gasteiger partial charge in [-0.1, -0.05) is 12.1 Å². The fourth-order valence-electron chi connectivity index (χ4n) is 1.62. The minimum absolute atomic E-state index is 0.324. The quantitative estimate of drug-likeness (QED) is 0.865. The second-order valence-corrected chi connectivity index (χ2v) is 4.23. The Bertz CT molecular complexity index is 612. The molecule has 0 fully saturated rings. The zero-order valence-electron chi connectivity index (χ0n) is 11.0. The summed E-state index contributed by atoms with van der Waals surface area (Å²) < 4.78 is 4.91. The largest absolute Gasteiger partial charge is 0.452 e. The number of carbonyl (C=O) groups is 2. The summed E-state index contributed by atoms with van der Waals surface area (Å²) in [5, 5.41) is 2.66. The molecule has 0 atom stereocenters. The highest BCUT2D eigenvalue weighted by Crippen LogP contribution is 2.09. The Hall–Kier alpha value is -2.69. The van der Waals surface area contributed by atoms with Crippen LogP contribution in [-0.4, -0.2) is 23.5 Å². The van der Waals surface area contributed by atoms with Gasteiger partial charge in [-0.25, -0.2) is 4.79 Å². The molecule has 0 saturated carbocycles.